The van der Waals surface area contributed by atoms with Gasteiger partial charge in [-0.2, -0.15) is 0 Å². The molecule has 4 aromatic rings. The van der Waals surface area contributed by atoms with Crippen LogP contribution >= 0.6 is 11.3 Å². The summed E-state index contributed by atoms with van der Waals surface area (Å²) in [6.45, 7) is 6.07. The second-order valence-corrected chi connectivity index (χ2v) is 9.05. The molecule has 0 saturated heterocycles. The van der Waals surface area contributed by atoms with Crippen molar-refractivity contribution in [3.8, 4) is 17.0 Å². The van der Waals surface area contributed by atoms with Gasteiger partial charge in [0, 0.05) is 5.56 Å². The summed E-state index contributed by atoms with van der Waals surface area (Å²) in [5, 5.41) is 6.45. The molecule has 0 aliphatic rings. The van der Waals surface area contributed by atoms with E-state index in [1.807, 2.05) is 55.5 Å². The van der Waals surface area contributed by atoms with E-state index in [0.717, 1.165) is 11.1 Å². The molecular weight excluding hydrogens is 450 g/mol. The van der Waals surface area contributed by atoms with E-state index >= 15 is 0 Å². The van der Waals surface area contributed by atoms with Crippen LogP contribution in [-0.4, -0.2) is 23.4 Å². The van der Waals surface area contributed by atoms with Crippen molar-refractivity contribution in [2.75, 3.05) is 17.2 Å². The number of furan rings is 1. The summed E-state index contributed by atoms with van der Waals surface area (Å²) in [5.74, 6) is 0.484. The van der Waals surface area contributed by atoms with Gasteiger partial charge in [-0.3, -0.25) is 14.9 Å². The molecule has 2 aromatic carbocycles. The number of aryl methyl sites for hydroxylation is 1. The molecule has 174 valence electrons. The fourth-order valence-corrected chi connectivity index (χ4v) is 4.09. The Labute approximate surface area is 201 Å². The van der Waals surface area contributed by atoms with Crippen LogP contribution in [0, 0.1) is 6.92 Å². The number of hydrogen-bond donors (Lipinski definition) is 2. The fourth-order valence-electron chi connectivity index (χ4n) is 3.19. The molecule has 2 N–H and O–H groups in total. The molecule has 0 radical (unpaired) electrons. The number of anilines is 2. The Morgan fingerprint density at radius 3 is 2.41 bits per heavy atom. The maximum atomic E-state index is 12.5. The van der Waals surface area contributed by atoms with Gasteiger partial charge in [-0.15, -0.1) is 0 Å². The Morgan fingerprint density at radius 2 is 1.76 bits per heavy atom. The minimum atomic E-state index is -0.395. The predicted octanol–water partition coefficient (Wildman–Crippen LogP) is 6.10. The highest BCUT2D eigenvalue weighted by molar-refractivity contribution is 7.20. The monoisotopic (exact) mass is 475 g/mol. The average Bonchev–Trinajstić information content (AvgIpc) is 3.49. The number of carbonyl (C=O) groups is 2. The highest BCUT2D eigenvalue weighted by Crippen LogP contribution is 2.36. The van der Waals surface area contributed by atoms with E-state index in [0.29, 0.717) is 27.5 Å². The van der Waals surface area contributed by atoms with Gasteiger partial charge in [-0.1, -0.05) is 67.1 Å². The molecule has 0 fully saturated rings. The Balaban J connectivity index is 1.47. The molecule has 2 aromatic heterocycles. The number of nitrogens with one attached hydrogen (secondary N) is 2. The zero-order valence-electron chi connectivity index (χ0n) is 19.1. The average molecular weight is 476 g/mol. The maximum Gasteiger partial charge on any atom is 0.292 e. The van der Waals surface area contributed by atoms with Gasteiger partial charge in [-0.05, 0) is 42.7 Å². The highest BCUT2D eigenvalue weighted by Gasteiger charge is 2.19. The van der Waals surface area contributed by atoms with Crippen LogP contribution in [0.4, 0.5) is 10.1 Å². The maximum absolute atomic E-state index is 12.5. The number of hydrogen-bond acceptors (Lipinski definition) is 6. The first-order valence-corrected chi connectivity index (χ1v) is 11.7. The largest absolute Gasteiger partial charge is 0.484 e. The van der Waals surface area contributed by atoms with Crippen LogP contribution in [0.1, 0.15) is 41.4 Å². The second-order valence-electron chi connectivity index (χ2n) is 8.05. The number of ether oxygens (including phenoxy) is 1. The smallest absolute Gasteiger partial charge is 0.292 e. The van der Waals surface area contributed by atoms with Crippen molar-refractivity contribution in [2.45, 2.75) is 26.7 Å². The van der Waals surface area contributed by atoms with Crippen molar-refractivity contribution < 1.29 is 18.7 Å². The molecule has 34 heavy (non-hydrogen) atoms. The Bertz CT molecular complexity index is 1260. The molecule has 4 rings (SSSR count). The highest BCUT2D eigenvalue weighted by atomic mass is 32.1. The summed E-state index contributed by atoms with van der Waals surface area (Å²) in [6, 6.07) is 18.7. The number of aromatic nitrogens is 1. The van der Waals surface area contributed by atoms with E-state index in [1.165, 1.54) is 23.2 Å². The molecular formula is C26H25N3O4S. The summed E-state index contributed by atoms with van der Waals surface area (Å²) in [5.41, 5.74) is 3.68. The van der Waals surface area contributed by atoms with Crippen LogP contribution in [0.5, 0.6) is 5.75 Å². The van der Waals surface area contributed by atoms with Crippen LogP contribution in [0.2, 0.25) is 0 Å². The van der Waals surface area contributed by atoms with Gasteiger partial charge in [0.25, 0.3) is 11.8 Å². The van der Waals surface area contributed by atoms with Gasteiger partial charge < -0.3 is 14.5 Å². The molecule has 7 nitrogen and oxygen atoms in total. The topological polar surface area (TPSA) is 93.5 Å². The van der Waals surface area contributed by atoms with Crippen LogP contribution in [0.25, 0.3) is 11.3 Å². The van der Waals surface area contributed by atoms with Crippen molar-refractivity contribution in [2.24, 2.45) is 0 Å². The Hall–Kier alpha value is -3.91. The lowest BCUT2D eigenvalue weighted by Gasteiger charge is -2.08. The first-order chi connectivity index (χ1) is 16.4. The van der Waals surface area contributed by atoms with Crippen molar-refractivity contribution in [1.82, 2.24) is 4.98 Å². The second kappa shape index (κ2) is 10.4. The zero-order valence-corrected chi connectivity index (χ0v) is 19.9. The van der Waals surface area contributed by atoms with E-state index < -0.39 is 5.91 Å². The molecule has 0 atom stereocenters. The lowest BCUT2D eigenvalue weighted by Crippen LogP contribution is -2.20. The first kappa shape index (κ1) is 23.3. The number of carbonyl (C=O) groups excluding carboxylic acids is 2. The third-order valence-corrected chi connectivity index (χ3v) is 5.97. The molecule has 0 spiro atoms. The number of nitrogens with zero attached hydrogens (tertiary/aromatic N) is 1. The van der Waals surface area contributed by atoms with E-state index in [-0.39, 0.29) is 18.3 Å². The number of thiazole rings is 1. The molecule has 2 heterocycles. The van der Waals surface area contributed by atoms with Crippen LogP contribution in [0.3, 0.4) is 0 Å². The molecule has 0 aliphatic heterocycles. The third kappa shape index (κ3) is 5.71. The minimum Gasteiger partial charge on any atom is -0.484 e. The number of benzene rings is 2. The summed E-state index contributed by atoms with van der Waals surface area (Å²) in [7, 11) is 0. The molecule has 0 unspecified atom stereocenters. The van der Waals surface area contributed by atoms with Crippen molar-refractivity contribution in [1.29, 1.82) is 0 Å². The van der Waals surface area contributed by atoms with Crippen LogP contribution < -0.4 is 15.4 Å². The summed E-state index contributed by atoms with van der Waals surface area (Å²) in [6.07, 6.45) is 1.44. The van der Waals surface area contributed by atoms with Crippen molar-refractivity contribution in [3.05, 3.63) is 83.8 Å². The minimum absolute atomic E-state index is 0.158. The molecule has 0 aliphatic carbocycles. The zero-order chi connectivity index (χ0) is 24.1. The van der Waals surface area contributed by atoms with Crippen molar-refractivity contribution >= 4 is 33.3 Å². The third-order valence-electron chi connectivity index (χ3n) is 5.09. The van der Waals surface area contributed by atoms with Gasteiger partial charge in [0.1, 0.15) is 16.4 Å². The molecule has 0 saturated carbocycles. The Morgan fingerprint density at radius 1 is 1.03 bits per heavy atom. The predicted molar refractivity (Wildman–Crippen MR) is 134 cm³/mol. The lowest BCUT2D eigenvalue weighted by atomic mass is 10.0. The number of amides is 2. The van der Waals surface area contributed by atoms with Crippen LogP contribution in [0.15, 0.2) is 71.3 Å². The first-order valence-electron chi connectivity index (χ1n) is 10.8. The van der Waals surface area contributed by atoms with E-state index in [9.17, 15) is 9.59 Å². The molecule has 0 bridgehead atoms. The SMILES string of the molecule is Cc1ccc(-c2nc(NC(=O)COc3ccc(C(C)C)cc3)sc2NC(=O)c2ccco2)cc1. The summed E-state index contributed by atoms with van der Waals surface area (Å²) < 4.78 is 10.8. The summed E-state index contributed by atoms with van der Waals surface area (Å²) in [4.78, 5) is 29.6. The standard InChI is InChI=1S/C26H25N3O4S/c1-16(2)18-10-12-20(13-11-18)33-15-22(30)27-26-28-23(19-8-6-17(3)7-9-19)25(34-26)29-24(31)21-5-4-14-32-21/h4-14,16H,15H2,1-3H3,(H,29,31)(H,27,28,30). The summed E-state index contributed by atoms with van der Waals surface area (Å²) >= 11 is 1.17. The fraction of sp³-hybridized carbons (Fsp3) is 0.192. The molecule has 8 heteroatoms. The van der Waals surface area contributed by atoms with E-state index in [2.05, 4.69) is 29.5 Å². The van der Waals surface area contributed by atoms with Gasteiger partial charge >= 0.3 is 0 Å². The van der Waals surface area contributed by atoms with Gasteiger partial charge in [0.2, 0.25) is 0 Å². The van der Waals surface area contributed by atoms with Crippen LogP contribution in [-0.2, 0) is 4.79 Å². The van der Waals surface area contributed by atoms with Gasteiger partial charge in [0.05, 0.1) is 6.26 Å². The quantitative estimate of drug-likeness (QED) is 0.321. The number of rotatable bonds is 8. The van der Waals surface area contributed by atoms with E-state index in [1.54, 1.807) is 12.1 Å². The normalized spacial score (nSPS) is 10.8. The lowest BCUT2D eigenvalue weighted by molar-refractivity contribution is -0.118. The van der Waals surface area contributed by atoms with Gasteiger partial charge in [0.15, 0.2) is 17.5 Å². The van der Waals surface area contributed by atoms with Gasteiger partial charge in [-0.25, -0.2) is 4.98 Å². The Kier molecular flexibility index (Phi) is 7.08. The van der Waals surface area contributed by atoms with E-state index in [4.69, 9.17) is 9.15 Å². The molecule has 2 amide bonds. The van der Waals surface area contributed by atoms with Crippen molar-refractivity contribution in [3.63, 3.8) is 0 Å².